The summed E-state index contributed by atoms with van der Waals surface area (Å²) in [6, 6.07) is 0.417. The van der Waals surface area contributed by atoms with E-state index in [1.165, 1.54) is 5.57 Å². The Morgan fingerprint density at radius 3 is 2.76 bits per heavy atom. The minimum Gasteiger partial charge on any atom is -0.348 e. The van der Waals surface area contributed by atoms with Gasteiger partial charge >= 0.3 is 0 Å². The molecular formula is C14H26N2O. The third kappa shape index (κ3) is 4.15. The first-order valence-electron chi connectivity index (χ1n) is 6.42. The Morgan fingerprint density at radius 2 is 2.18 bits per heavy atom. The maximum atomic E-state index is 11.6. The molecule has 1 aliphatic rings. The van der Waals surface area contributed by atoms with E-state index in [0.29, 0.717) is 12.6 Å². The van der Waals surface area contributed by atoms with Crippen LogP contribution < -0.4 is 5.32 Å². The summed E-state index contributed by atoms with van der Waals surface area (Å²) in [7, 11) is 3.60. The molecule has 1 rings (SSSR count). The summed E-state index contributed by atoms with van der Waals surface area (Å²) in [5, 5.41) is 3.43. The Morgan fingerprint density at radius 1 is 1.53 bits per heavy atom. The molecular weight excluding hydrogens is 212 g/mol. The van der Waals surface area contributed by atoms with Gasteiger partial charge in [-0.15, -0.1) is 0 Å². The van der Waals surface area contributed by atoms with Crippen molar-refractivity contribution in [1.82, 2.24) is 10.2 Å². The molecule has 0 fully saturated rings. The van der Waals surface area contributed by atoms with Gasteiger partial charge in [0.15, 0.2) is 0 Å². The van der Waals surface area contributed by atoms with Gasteiger partial charge in [0.1, 0.15) is 0 Å². The van der Waals surface area contributed by atoms with Gasteiger partial charge in [0.25, 0.3) is 0 Å². The lowest BCUT2D eigenvalue weighted by Gasteiger charge is -2.33. The number of carbonyl (C=O) groups is 1. The van der Waals surface area contributed by atoms with Gasteiger partial charge in [-0.2, -0.15) is 0 Å². The van der Waals surface area contributed by atoms with Gasteiger partial charge in [0.05, 0.1) is 6.54 Å². The highest BCUT2D eigenvalue weighted by molar-refractivity contribution is 5.77. The minimum absolute atomic E-state index is 0.148. The molecule has 0 bridgehead atoms. The van der Waals surface area contributed by atoms with Crippen molar-refractivity contribution in [2.45, 2.75) is 46.1 Å². The second-order valence-electron chi connectivity index (χ2n) is 6.00. The number of hydrogen-bond donors (Lipinski definition) is 1. The van der Waals surface area contributed by atoms with Crippen LogP contribution in [0.4, 0.5) is 0 Å². The van der Waals surface area contributed by atoms with Crippen LogP contribution in [0.1, 0.15) is 40.0 Å². The summed E-state index contributed by atoms with van der Waals surface area (Å²) in [6.45, 7) is 7.20. The van der Waals surface area contributed by atoms with E-state index >= 15 is 0 Å². The molecule has 0 radical (unpaired) electrons. The average molecular weight is 238 g/mol. The van der Waals surface area contributed by atoms with E-state index in [9.17, 15) is 4.79 Å². The molecule has 1 unspecified atom stereocenters. The van der Waals surface area contributed by atoms with E-state index in [2.05, 4.69) is 32.2 Å². The highest BCUT2D eigenvalue weighted by atomic mass is 16.2. The first kappa shape index (κ1) is 14.2. The van der Waals surface area contributed by atoms with Crippen LogP contribution in [-0.2, 0) is 4.79 Å². The van der Waals surface area contributed by atoms with E-state index < -0.39 is 0 Å². The molecule has 3 heteroatoms. The lowest BCUT2D eigenvalue weighted by atomic mass is 9.80. The molecule has 0 spiro atoms. The van der Waals surface area contributed by atoms with E-state index in [0.717, 1.165) is 19.3 Å². The summed E-state index contributed by atoms with van der Waals surface area (Å²) in [6.07, 6.45) is 5.69. The monoisotopic (exact) mass is 238 g/mol. The zero-order valence-corrected chi connectivity index (χ0v) is 11.8. The SMILES string of the molecule is CC1=CCC(C)(C)C(NCC(=O)N(C)C)CC1. The fourth-order valence-electron chi connectivity index (χ4n) is 2.19. The Kier molecular flexibility index (Phi) is 4.75. The fourth-order valence-corrected chi connectivity index (χ4v) is 2.19. The molecule has 0 aromatic heterocycles. The first-order chi connectivity index (χ1) is 7.83. The first-order valence-corrected chi connectivity index (χ1v) is 6.42. The Hall–Kier alpha value is -0.830. The van der Waals surface area contributed by atoms with Gasteiger partial charge in [-0.3, -0.25) is 4.79 Å². The van der Waals surface area contributed by atoms with Crippen LogP contribution in [0.3, 0.4) is 0 Å². The van der Waals surface area contributed by atoms with E-state index in [1.807, 2.05) is 0 Å². The third-order valence-electron chi connectivity index (χ3n) is 3.75. The number of nitrogens with zero attached hydrogens (tertiary/aromatic N) is 1. The number of likely N-dealkylation sites (N-methyl/N-ethyl adjacent to an activating group) is 1. The van der Waals surface area contributed by atoms with Crippen molar-refractivity contribution >= 4 is 5.91 Å². The van der Waals surface area contributed by atoms with Crippen molar-refractivity contribution in [2.75, 3.05) is 20.6 Å². The quantitative estimate of drug-likeness (QED) is 0.764. The normalized spacial score (nSPS) is 23.8. The molecule has 0 aliphatic heterocycles. The van der Waals surface area contributed by atoms with Crippen LogP contribution in [0.25, 0.3) is 0 Å². The van der Waals surface area contributed by atoms with Gasteiger partial charge in [0, 0.05) is 20.1 Å². The molecule has 0 saturated carbocycles. The highest BCUT2D eigenvalue weighted by Crippen LogP contribution is 2.33. The third-order valence-corrected chi connectivity index (χ3v) is 3.75. The second kappa shape index (κ2) is 5.67. The molecule has 0 saturated heterocycles. The van der Waals surface area contributed by atoms with Crippen molar-refractivity contribution in [3.8, 4) is 0 Å². The average Bonchev–Trinajstić information content (AvgIpc) is 2.36. The van der Waals surface area contributed by atoms with Gasteiger partial charge < -0.3 is 10.2 Å². The maximum Gasteiger partial charge on any atom is 0.236 e. The highest BCUT2D eigenvalue weighted by Gasteiger charge is 2.30. The Bertz CT molecular complexity index is 305. The molecule has 0 aromatic carbocycles. The van der Waals surface area contributed by atoms with Gasteiger partial charge in [-0.1, -0.05) is 25.5 Å². The fraction of sp³-hybridized carbons (Fsp3) is 0.786. The standard InChI is InChI=1S/C14H26N2O/c1-11-6-7-12(14(2,3)9-8-11)15-10-13(17)16(4)5/h8,12,15H,6-7,9-10H2,1-5H3. The van der Waals surface area contributed by atoms with E-state index in [1.54, 1.807) is 19.0 Å². The van der Waals surface area contributed by atoms with E-state index in [-0.39, 0.29) is 11.3 Å². The van der Waals surface area contributed by atoms with Gasteiger partial charge in [-0.25, -0.2) is 0 Å². The smallest absolute Gasteiger partial charge is 0.236 e. The molecule has 3 nitrogen and oxygen atoms in total. The molecule has 1 atom stereocenters. The topological polar surface area (TPSA) is 32.3 Å². The number of rotatable bonds is 3. The van der Waals surface area contributed by atoms with Crippen molar-refractivity contribution in [3.05, 3.63) is 11.6 Å². The summed E-state index contributed by atoms with van der Waals surface area (Å²) in [5.74, 6) is 0.148. The van der Waals surface area contributed by atoms with Crippen molar-refractivity contribution in [3.63, 3.8) is 0 Å². The summed E-state index contributed by atoms with van der Waals surface area (Å²) >= 11 is 0. The summed E-state index contributed by atoms with van der Waals surface area (Å²) in [5.41, 5.74) is 1.70. The number of allylic oxidation sites excluding steroid dienone is 2. The van der Waals surface area contributed by atoms with Crippen molar-refractivity contribution < 1.29 is 4.79 Å². The summed E-state index contributed by atoms with van der Waals surface area (Å²) < 4.78 is 0. The number of nitrogens with one attached hydrogen (secondary N) is 1. The van der Waals surface area contributed by atoms with Crippen LogP contribution >= 0.6 is 0 Å². The predicted octanol–water partition coefficient (Wildman–Crippen LogP) is 2.19. The molecule has 1 aliphatic carbocycles. The van der Waals surface area contributed by atoms with Crippen molar-refractivity contribution in [1.29, 1.82) is 0 Å². The number of hydrogen-bond acceptors (Lipinski definition) is 2. The van der Waals surface area contributed by atoms with Crippen LogP contribution in [0.5, 0.6) is 0 Å². The van der Waals surface area contributed by atoms with Crippen molar-refractivity contribution in [2.24, 2.45) is 5.41 Å². The Labute approximate surface area is 105 Å². The van der Waals surface area contributed by atoms with Crippen LogP contribution in [0, 0.1) is 5.41 Å². The molecule has 98 valence electrons. The largest absolute Gasteiger partial charge is 0.348 e. The molecule has 0 aromatic rings. The zero-order chi connectivity index (χ0) is 13.1. The van der Waals surface area contributed by atoms with Crippen LogP contribution in [-0.4, -0.2) is 37.5 Å². The molecule has 1 N–H and O–H groups in total. The van der Waals surface area contributed by atoms with Gasteiger partial charge in [0.2, 0.25) is 5.91 Å². The van der Waals surface area contributed by atoms with Gasteiger partial charge in [-0.05, 0) is 31.6 Å². The minimum atomic E-state index is 0.148. The zero-order valence-electron chi connectivity index (χ0n) is 11.8. The molecule has 0 heterocycles. The molecule has 17 heavy (non-hydrogen) atoms. The lowest BCUT2D eigenvalue weighted by Crippen LogP contribution is -2.45. The van der Waals surface area contributed by atoms with Crippen LogP contribution in [0.15, 0.2) is 11.6 Å². The number of amides is 1. The maximum absolute atomic E-state index is 11.6. The molecule has 1 amide bonds. The second-order valence-corrected chi connectivity index (χ2v) is 6.00. The Balaban J connectivity index is 2.55. The summed E-state index contributed by atoms with van der Waals surface area (Å²) in [4.78, 5) is 13.2. The van der Waals surface area contributed by atoms with E-state index in [4.69, 9.17) is 0 Å². The lowest BCUT2D eigenvalue weighted by molar-refractivity contribution is -0.128. The number of carbonyl (C=O) groups excluding carboxylic acids is 1. The predicted molar refractivity (Wildman–Crippen MR) is 71.9 cm³/mol. The van der Waals surface area contributed by atoms with Crippen LogP contribution in [0.2, 0.25) is 0 Å².